The third-order valence-corrected chi connectivity index (χ3v) is 2.63. The lowest BCUT2D eigenvalue weighted by Gasteiger charge is -2.13. The van der Waals surface area contributed by atoms with E-state index in [9.17, 15) is 0 Å². The van der Waals surface area contributed by atoms with E-state index >= 15 is 0 Å². The first-order chi connectivity index (χ1) is 8.26. The van der Waals surface area contributed by atoms with Crippen molar-refractivity contribution in [1.29, 1.82) is 0 Å². The molecule has 3 nitrogen and oxygen atoms in total. The van der Waals surface area contributed by atoms with Crippen LogP contribution in [0.4, 0.5) is 0 Å². The van der Waals surface area contributed by atoms with Crippen LogP contribution >= 0.6 is 0 Å². The molecule has 0 aromatic heterocycles. The minimum absolute atomic E-state index is 0.564. The maximum Gasteiger partial charge on any atom is 0.123 e. The first-order valence-electron chi connectivity index (χ1n) is 6.26. The minimum atomic E-state index is 0.564. The van der Waals surface area contributed by atoms with Crippen molar-refractivity contribution in [1.82, 2.24) is 5.32 Å². The average molecular weight is 237 g/mol. The highest BCUT2D eigenvalue weighted by molar-refractivity contribution is 5.32. The van der Waals surface area contributed by atoms with Gasteiger partial charge in [-0.2, -0.15) is 0 Å². The molecule has 0 saturated heterocycles. The Morgan fingerprint density at radius 3 is 2.76 bits per heavy atom. The quantitative estimate of drug-likeness (QED) is 0.705. The first-order valence-corrected chi connectivity index (χ1v) is 6.26. The molecule has 96 valence electrons. The SMILES string of the molecule is CCCC(C)NCCOc1cccc(OC)c1. The second-order valence-electron chi connectivity index (χ2n) is 4.17. The molecule has 0 fully saturated rings. The van der Waals surface area contributed by atoms with Gasteiger partial charge in [0.05, 0.1) is 7.11 Å². The van der Waals surface area contributed by atoms with E-state index in [2.05, 4.69) is 19.2 Å². The summed E-state index contributed by atoms with van der Waals surface area (Å²) in [5, 5.41) is 3.43. The average Bonchev–Trinajstić information content (AvgIpc) is 2.35. The molecule has 0 heterocycles. The zero-order valence-corrected chi connectivity index (χ0v) is 11.0. The molecule has 0 saturated carbocycles. The van der Waals surface area contributed by atoms with Crippen LogP contribution in [-0.4, -0.2) is 26.3 Å². The van der Waals surface area contributed by atoms with Gasteiger partial charge >= 0.3 is 0 Å². The van der Waals surface area contributed by atoms with Crippen molar-refractivity contribution in [3.63, 3.8) is 0 Å². The molecular formula is C14H23NO2. The second-order valence-corrected chi connectivity index (χ2v) is 4.17. The predicted octanol–water partition coefficient (Wildman–Crippen LogP) is 2.85. The number of hydrogen-bond acceptors (Lipinski definition) is 3. The third-order valence-electron chi connectivity index (χ3n) is 2.63. The summed E-state index contributed by atoms with van der Waals surface area (Å²) in [6.45, 7) is 5.96. The van der Waals surface area contributed by atoms with Gasteiger partial charge in [0, 0.05) is 18.7 Å². The first kappa shape index (κ1) is 13.8. The summed E-state index contributed by atoms with van der Waals surface area (Å²) >= 11 is 0. The molecule has 1 aromatic carbocycles. The van der Waals surface area contributed by atoms with Crippen LogP contribution < -0.4 is 14.8 Å². The number of hydrogen-bond donors (Lipinski definition) is 1. The van der Waals surface area contributed by atoms with Crippen LogP contribution in [0, 0.1) is 0 Å². The standard InChI is InChI=1S/C14H23NO2/c1-4-6-12(2)15-9-10-17-14-8-5-7-13(11-14)16-3/h5,7-8,11-12,15H,4,6,9-10H2,1-3H3. The van der Waals surface area contributed by atoms with Gasteiger partial charge in [0.15, 0.2) is 0 Å². The Labute approximate surface area is 104 Å². The number of benzene rings is 1. The molecular weight excluding hydrogens is 214 g/mol. The molecule has 3 heteroatoms. The van der Waals surface area contributed by atoms with Crippen LogP contribution in [0.1, 0.15) is 26.7 Å². The fourth-order valence-corrected chi connectivity index (χ4v) is 1.70. The number of rotatable bonds is 8. The lowest BCUT2D eigenvalue weighted by atomic mass is 10.2. The Kier molecular flexibility index (Phi) is 6.48. The Bertz CT molecular complexity index is 315. The van der Waals surface area contributed by atoms with Crippen molar-refractivity contribution >= 4 is 0 Å². The molecule has 1 N–H and O–H groups in total. The van der Waals surface area contributed by atoms with Crippen molar-refractivity contribution in [3.8, 4) is 11.5 Å². The largest absolute Gasteiger partial charge is 0.497 e. The summed E-state index contributed by atoms with van der Waals surface area (Å²) in [5.41, 5.74) is 0. The normalized spacial score (nSPS) is 12.2. The van der Waals surface area contributed by atoms with Crippen molar-refractivity contribution in [3.05, 3.63) is 24.3 Å². The number of nitrogens with one attached hydrogen (secondary N) is 1. The molecule has 0 radical (unpaired) electrons. The molecule has 0 aliphatic heterocycles. The van der Waals surface area contributed by atoms with Gasteiger partial charge < -0.3 is 14.8 Å². The molecule has 1 unspecified atom stereocenters. The highest BCUT2D eigenvalue weighted by Gasteiger charge is 1.99. The van der Waals surface area contributed by atoms with Gasteiger partial charge in [-0.15, -0.1) is 0 Å². The molecule has 0 aliphatic rings. The lowest BCUT2D eigenvalue weighted by Crippen LogP contribution is -2.29. The van der Waals surface area contributed by atoms with Gasteiger partial charge in [-0.3, -0.25) is 0 Å². The fourth-order valence-electron chi connectivity index (χ4n) is 1.70. The van der Waals surface area contributed by atoms with Crippen molar-refractivity contribution in [2.24, 2.45) is 0 Å². The highest BCUT2D eigenvalue weighted by Crippen LogP contribution is 2.18. The smallest absolute Gasteiger partial charge is 0.123 e. The van der Waals surface area contributed by atoms with Gasteiger partial charge in [-0.25, -0.2) is 0 Å². The van der Waals surface area contributed by atoms with Gasteiger partial charge in [0.1, 0.15) is 18.1 Å². The molecule has 17 heavy (non-hydrogen) atoms. The molecule has 0 spiro atoms. The third kappa shape index (κ3) is 5.59. The van der Waals surface area contributed by atoms with Crippen LogP contribution in [0.5, 0.6) is 11.5 Å². The Hall–Kier alpha value is -1.22. The van der Waals surface area contributed by atoms with Gasteiger partial charge in [0.25, 0.3) is 0 Å². The summed E-state index contributed by atoms with van der Waals surface area (Å²) in [7, 11) is 1.66. The van der Waals surface area contributed by atoms with E-state index < -0.39 is 0 Å². The van der Waals surface area contributed by atoms with E-state index in [4.69, 9.17) is 9.47 Å². The summed E-state index contributed by atoms with van der Waals surface area (Å²) in [4.78, 5) is 0. The van der Waals surface area contributed by atoms with E-state index in [1.54, 1.807) is 7.11 Å². The Morgan fingerprint density at radius 2 is 2.06 bits per heavy atom. The molecule has 0 amide bonds. The maximum absolute atomic E-state index is 5.63. The van der Waals surface area contributed by atoms with E-state index in [1.807, 2.05) is 24.3 Å². The number of methoxy groups -OCH3 is 1. The van der Waals surface area contributed by atoms with Crippen molar-refractivity contribution in [2.75, 3.05) is 20.3 Å². The van der Waals surface area contributed by atoms with Crippen LogP contribution in [0.15, 0.2) is 24.3 Å². The van der Waals surface area contributed by atoms with Crippen LogP contribution in [-0.2, 0) is 0 Å². The zero-order chi connectivity index (χ0) is 12.5. The van der Waals surface area contributed by atoms with Crippen LogP contribution in [0.3, 0.4) is 0 Å². The van der Waals surface area contributed by atoms with Crippen molar-refractivity contribution in [2.45, 2.75) is 32.7 Å². The lowest BCUT2D eigenvalue weighted by molar-refractivity contribution is 0.302. The van der Waals surface area contributed by atoms with Gasteiger partial charge in [0.2, 0.25) is 0 Å². The van der Waals surface area contributed by atoms with Crippen molar-refractivity contribution < 1.29 is 9.47 Å². The fraction of sp³-hybridized carbons (Fsp3) is 0.571. The number of ether oxygens (including phenoxy) is 2. The highest BCUT2D eigenvalue weighted by atomic mass is 16.5. The van der Waals surface area contributed by atoms with E-state index in [1.165, 1.54) is 12.8 Å². The monoisotopic (exact) mass is 237 g/mol. The van der Waals surface area contributed by atoms with E-state index in [-0.39, 0.29) is 0 Å². The summed E-state index contributed by atoms with van der Waals surface area (Å²) in [6.07, 6.45) is 2.42. The summed E-state index contributed by atoms with van der Waals surface area (Å²) in [5.74, 6) is 1.68. The van der Waals surface area contributed by atoms with Crippen LogP contribution in [0.25, 0.3) is 0 Å². The summed E-state index contributed by atoms with van der Waals surface area (Å²) < 4.78 is 10.8. The Morgan fingerprint density at radius 1 is 1.29 bits per heavy atom. The van der Waals surface area contributed by atoms with Gasteiger partial charge in [-0.05, 0) is 25.5 Å². The topological polar surface area (TPSA) is 30.5 Å². The molecule has 0 bridgehead atoms. The van der Waals surface area contributed by atoms with E-state index in [0.717, 1.165) is 18.0 Å². The van der Waals surface area contributed by atoms with Crippen LogP contribution in [0.2, 0.25) is 0 Å². The summed E-state index contributed by atoms with van der Waals surface area (Å²) in [6, 6.07) is 8.25. The molecule has 1 aromatic rings. The zero-order valence-electron chi connectivity index (χ0n) is 11.0. The molecule has 0 aliphatic carbocycles. The predicted molar refractivity (Wildman–Crippen MR) is 70.9 cm³/mol. The second kappa shape index (κ2) is 7.96. The maximum atomic E-state index is 5.63. The molecule has 1 rings (SSSR count). The van der Waals surface area contributed by atoms with Gasteiger partial charge in [-0.1, -0.05) is 19.4 Å². The Balaban J connectivity index is 2.21. The van der Waals surface area contributed by atoms with E-state index in [0.29, 0.717) is 12.6 Å². The molecule has 1 atom stereocenters. The minimum Gasteiger partial charge on any atom is -0.497 e.